The number of aromatic nitrogens is 3. The van der Waals surface area contributed by atoms with E-state index in [1.807, 2.05) is 6.92 Å². The molecule has 156 valence electrons. The average Bonchev–Trinajstić information content (AvgIpc) is 3.20. The van der Waals surface area contributed by atoms with Crippen molar-refractivity contribution in [3.63, 3.8) is 0 Å². The molecule has 1 aromatic heterocycles. The fourth-order valence-corrected chi connectivity index (χ4v) is 2.76. The predicted octanol–water partition coefficient (Wildman–Crippen LogP) is 3.82. The first-order valence-corrected chi connectivity index (χ1v) is 9.45. The molecule has 0 bridgehead atoms. The summed E-state index contributed by atoms with van der Waals surface area (Å²) in [5.41, 5.74) is 2.16. The van der Waals surface area contributed by atoms with E-state index < -0.39 is 17.7 Å². The first-order chi connectivity index (χ1) is 14.2. The molecule has 0 aliphatic rings. The summed E-state index contributed by atoms with van der Waals surface area (Å²) in [5, 5.41) is 6.78. The molecule has 0 radical (unpaired) electrons. The molecule has 0 unspecified atom stereocenters. The number of carbonyl (C=O) groups is 2. The summed E-state index contributed by atoms with van der Waals surface area (Å²) < 4.78 is 12.4. The number of carbonyl (C=O) groups excluding carboxylic acids is 2. The number of rotatable bonds is 5. The van der Waals surface area contributed by atoms with Gasteiger partial charge in [-0.1, -0.05) is 18.2 Å². The molecule has 0 fully saturated rings. The van der Waals surface area contributed by atoms with Crippen LogP contribution in [0.1, 0.15) is 42.3 Å². The van der Waals surface area contributed by atoms with Crippen LogP contribution in [0.15, 0.2) is 55.1 Å². The Morgan fingerprint density at radius 2 is 1.90 bits per heavy atom. The van der Waals surface area contributed by atoms with Crippen molar-refractivity contribution in [1.29, 1.82) is 0 Å². The number of alkyl carbamates (subject to hydrolysis) is 1. The maximum Gasteiger partial charge on any atom is 0.407 e. The van der Waals surface area contributed by atoms with Gasteiger partial charge in [0, 0.05) is 12.1 Å². The van der Waals surface area contributed by atoms with Crippen molar-refractivity contribution in [2.24, 2.45) is 0 Å². The van der Waals surface area contributed by atoms with Gasteiger partial charge in [-0.25, -0.2) is 19.3 Å². The number of para-hydroxylation sites is 1. The number of ether oxygens (including phenoxy) is 2. The van der Waals surface area contributed by atoms with Crippen LogP contribution in [-0.2, 0) is 11.3 Å². The van der Waals surface area contributed by atoms with E-state index >= 15 is 0 Å². The second-order valence-electron chi connectivity index (χ2n) is 7.69. The van der Waals surface area contributed by atoms with Crippen molar-refractivity contribution in [3.05, 3.63) is 71.8 Å². The predicted molar refractivity (Wildman–Crippen MR) is 111 cm³/mol. The van der Waals surface area contributed by atoms with Crippen LogP contribution in [0.4, 0.5) is 4.79 Å². The molecule has 0 spiro atoms. The average molecular weight is 408 g/mol. The number of aryl methyl sites for hydroxylation is 1. The molecule has 3 aromatic rings. The van der Waals surface area contributed by atoms with Crippen LogP contribution in [0.25, 0.3) is 5.69 Å². The van der Waals surface area contributed by atoms with Crippen molar-refractivity contribution in [1.82, 2.24) is 20.1 Å². The number of hydrogen-bond acceptors (Lipinski definition) is 6. The second kappa shape index (κ2) is 8.77. The number of esters is 1. The first kappa shape index (κ1) is 21.0. The minimum atomic E-state index is -0.591. The Hall–Kier alpha value is -3.68. The van der Waals surface area contributed by atoms with Crippen LogP contribution < -0.4 is 10.1 Å². The highest BCUT2D eigenvalue weighted by Gasteiger charge is 2.17. The van der Waals surface area contributed by atoms with Gasteiger partial charge in [-0.05, 0) is 57.5 Å². The molecule has 0 aliphatic heterocycles. The van der Waals surface area contributed by atoms with E-state index in [2.05, 4.69) is 15.4 Å². The van der Waals surface area contributed by atoms with Crippen LogP contribution >= 0.6 is 0 Å². The highest BCUT2D eigenvalue weighted by atomic mass is 16.6. The van der Waals surface area contributed by atoms with Gasteiger partial charge in [0.15, 0.2) is 0 Å². The summed E-state index contributed by atoms with van der Waals surface area (Å²) in [5.74, 6) is -0.121. The van der Waals surface area contributed by atoms with E-state index in [1.54, 1.807) is 74.2 Å². The lowest BCUT2D eigenvalue weighted by Crippen LogP contribution is -2.32. The van der Waals surface area contributed by atoms with E-state index in [1.165, 1.54) is 6.33 Å². The van der Waals surface area contributed by atoms with E-state index in [9.17, 15) is 9.59 Å². The fourth-order valence-electron chi connectivity index (χ4n) is 2.76. The number of nitrogens with zero attached hydrogens (tertiary/aromatic N) is 3. The normalized spacial score (nSPS) is 11.1. The number of hydrogen-bond donors (Lipinski definition) is 1. The van der Waals surface area contributed by atoms with Gasteiger partial charge in [-0.15, -0.1) is 0 Å². The Balaban J connectivity index is 1.70. The third kappa shape index (κ3) is 5.44. The lowest BCUT2D eigenvalue weighted by Gasteiger charge is -2.20. The standard InChI is InChI=1S/C22H24N4O4/c1-15-11-16(9-10-18(15)26-14-23-13-25-26)20(27)29-19-8-6-5-7-17(19)12-24-21(28)30-22(2,3)4/h5-11,13-14H,12H2,1-4H3,(H,24,28). The maximum atomic E-state index is 12.7. The molecule has 1 N–H and O–H groups in total. The lowest BCUT2D eigenvalue weighted by atomic mass is 10.1. The van der Waals surface area contributed by atoms with Crippen LogP contribution in [0.2, 0.25) is 0 Å². The summed E-state index contributed by atoms with van der Waals surface area (Å²) in [6.45, 7) is 7.42. The smallest absolute Gasteiger partial charge is 0.407 e. The molecule has 1 heterocycles. The molecule has 1 amide bonds. The van der Waals surface area contributed by atoms with Crippen LogP contribution in [0.3, 0.4) is 0 Å². The third-order valence-electron chi connectivity index (χ3n) is 4.10. The number of benzene rings is 2. The molecule has 0 aliphatic carbocycles. The molecule has 8 heteroatoms. The Kier molecular flexibility index (Phi) is 6.15. The van der Waals surface area contributed by atoms with Crippen molar-refractivity contribution in [2.75, 3.05) is 0 Å². The lowest BCUT2D eigenvalue weighted by molar-refractivity contribution is 0.0523. The van der Waals surface area contributed by atoms with E-state index in [0.29, 0.717) is 16.9 Å². The summed E-state index contributed by atoms with van der Waals surface area (Å²) >= 11 is 0. The number of amides is 1. The molecule has 8 nitrogen and oxygen atoms in total. The van der Waals surface area contributed by atoms with Gasteiger partial charge >= 0.3 is 12.1 Å². The Labute approximate surface area is 174 Å². The van der Waals surface area contributed by atoms with Crippen molar-refractivity contribution >= 4 is 12.1 Å². The molecule has 2 aromatic carbocycles. The maximum absolute atomic E-state index is 12.7. The van der Waals surface area contributed by atoms with Gasteiger partial charge in [0.25, 0.3) is 0 Å². The van der Waals surface area contributed by atoms with Gasteiger partial charge in [0.1, 0.15) is 24.0 Å². The Bertz CT molecular complexity index is 1040. The van der Waals surface area contributed by atoms with E-state index in [4.69, 9.17) is 9.47 Å². The summed E-state index contributed by atoms with van der Waals surface area (Å²) in [6.07, 6.45) is 2.50. The summed E-state index contributed by atoms with van der Waals surface area (Å²) in [4.78, 5) is 28.5. The molecular weight excluding hydrogens is 384 g/mol. The monoisotopic (exact) mass is 408 g/mol. The first-order valence-electron chi connectivity index (χ1n) is 9.45. The molecular formula is C22H24N4O4. The quantitative estimate of drug-likeness (QED) is 0.509. The van der Waals surface area contributed by atoms with Gasteiger partial charge in [-0.3, -0.25) is 0 Å². The van der Waals surface area contributed by atoms with Crippen molar-refractivity contribution in [3.8, 4) is 11.4 Å². The summed E-state index contributed by atoms with van der Waals surface area (Å²) in [6, 6.07) is 12.2. The molecule has 30 heavy (non-hydrogen) atoms. The van der Waals surface area contributed by atoms with Gasteiger partial charge < -0.3 is 14.8 Å². The molecule has 0 saturated heterocycles. The van der Waals surface area contributed by atoms with E-state index in [-0.39, 0.29) is 6.54 Å². The van der Waals surface area contributed by atoms with Crippen molar-refractivity contribution < 1.29 is 19.1 Å². The van der Waals surface area contributed by atoms with Crippen molar-refractivity contribution in [2.45, 2.75) is 39.8 Å². The Morgan fingerprint density at radius 3 is 2.57 bits per heavy atom. The Morgan fingerprint density at radius 1 is 1.13 bits per heavy atom. The minimum Gasteiger partial charge on any atom is -0.444 e. The highest BCUT2D eigenvalue weighted by molar-refractivity contribution is 5.91. The molecule has 0 saturated carbocycles. The summed E-state index contributed by atoms with van der Waals surface area (Å²) in [7, 11) is 0. The van der Waals surface area contributed by atoms with Crippen LogP contribution in [0.5, 0.6) is 5.75 Å². The zero-order valence-corrected chi connectivity index (χ0v) is 17.4. The molecule has 3 rings (SSSR count). The molecule has 0 atom stereocenters. The topological polar surface area (TPSA) is 95.3 Å². The SMILES string of the molecule is Cc1cc(C(=O)Oc2ccccc2CNC(=O)OC(C)(C)C)ccc1-n1cncn1. The van der Waals surface area contributed by atoms with Crippen LogP contribution in [-0.4, -0.2) is 32.4 Å². The zero-order valence-electron chi connectivity index (χ0n) is 17.4. The van der Waals surface area contributed by atoms with Gasteiger partial charge in [-0.2, -0.15) is 5.10 Å². The second-order valence-corrected chi connectivity index (χ2v) is 7.69. The van der Waals surface area contributed by atoms with E-state index in [0.717, 1.165) is 11.3 Å². The number of nitrogens with one attached hydrogen (secondary N) is 1. The largest absolute Gasteiger partial charge is 0.444 e. The van der Waals surface area contributed by atoms with Gasteiger partial charge in [0.2, 0.25) is 0 Å². The minimum absolute atomic E-state index is 0.169. The highest BCUT2D eigenvalue weighted by Crippen LogP contribution is 2.21. The fraction of sp³-hybridized carbons (Fsp3) is 0.273. The van der Waals surface area contributed by atoms with Crippen LogP contribution in [0, 0.1) is 6.92 Å². The third-order valence-corrected chi connectivity index (χ3v) is 4.10. The van der Waals surface area contributed by atoms with Gasteiger partial charge in [0.05, 0.1) is 11.3 Å². The zero-order chi connectivity index (χ0) is 21.7.